The predicted octanol–water partition coefficient (Wildman–Crippen LogP) is 1.46. The van der Waals surface area contributed by atoms with Gasteiger partial charge in [-0.05, 0) is 96.3 Å². The molecule has 0 unspecified atom stereocenters. The Balaban J connectivity index is 1.14. The Bertz CT molecular complexity index is 3900. The van der Waals surface area contributed by atoms with Crippen LogP contribution in [0.1, 0.15) is 80.7 Å². The number of nitrogens with one attached hydrogen (secondary N) is 12. The van der Waals surface area contributed by atoms with Gasteiger partial charge in [0.15, 0.2) is 5.96 Å². The number of guanidine groups is 1. The molecule has 0 fully saturated rings. The van der Waals surface area contributed by atoms with E-state index in [1.807, 2.05) is 30.3 Å². The molecule has 97 heavy (non-hydrogen) atoms. The van der Waals surface area contributed by atoms with Gasteiger partial charge in [-0.1, -0.05) is 111 Å². The van der Waals surface area contributed by atoms with Crippen LogP contribution < -0.4 is 65.1 Å². The molecule has 0 aliphatic carbocycles. The molecule has 514 valence electrons. The number of aromatic amines is 2. The summed E-state index contributed by atoms with van der Waals surface area (Å²) < 4.78 is 0. The molecule has 2 aromatic heterocycles. The number of hydrogen-bond acceptors (Lipinski definition) is 14. The molecule has 0 aliphatic heterocycles. The molecule has 0 radical (unpaired) electrons. The van der Waals surface area contributed by atoms with Crippen LogP contribution in [-0.2, 0) is 80.0 Å². The quantitative estimate of drug-likeness (QED) is 0.0150. The molecule has 5 aromatic carbocycles. The molecule has 0 spiro atoms. The number of primary amides is 1. The Labute approximate surface area is 559 Å². The molecule has 0 bridgehead atoms. The predicted molar refractivity (Wildman–Crippen MR) is 362 cm³/mol. The normalized spacial score (nSPS) is 14.3. The molecule has 28 nitrogen and oxygen atoms in total. The van der Waals surface area contributed by atoms with E-state index in [2.05, 4.69) is 57.8 Å². The van der Waals surface area contributed by atoms with Crippen LogP contribution in [0.3, 0.4) is 0 Å². The van der Waals surface area contributed by atoms with Crippen molar-refractivity contribution in [1.82, 2.24) is 57.8 Å². The molecular weight excluding hydrogens is 1250 g/mol. The molecule has 0 aliphatic rings. The number of nitrogens with two attached hydrogens (primary N) is 3. The largest absolute Gasteiger partial charge is 0.508 e. The van der Waals surface area contributed by atoms with Crippen molar-refractivity contribution in [3.05, 3.63) is 168 Å². The van der Waals surface area contributed by atoms with E-state index in [0.717, 1.165) is 10.9 Å². The zero-order valence-electron chi connectivity index (χ0n) is 54.0. The van der Waals surface area contributed by atoms with Gasteiger partial charge in [0.25, 0.3) is 0 Å². The standard InChI is InChI=1S/C69H85N15O13/c1-4-38(2)59(67(95)77-39(3)60(88)79-55(34-43-36-75-50-18-10-8-15-47(43)50)65(93)83-57(68(96)97)33-42-22-26-46(86)27-23-42)84-66(94)56(35-44-37-76-51-19-11-9-16-48(44)51)82-64(92)53(31-40-13-6-5-7-14-40)81-63(91)54(32-41-20-24-45(85)25-21-41)80-62(90)52(28-29-58(71)87)78-61(89)49(70)17-12-30-74-69(72)73/h5-11,13-16,18-27,36-39,49,52-57,59,75-76,85-86H,4,12,17,28-35,70H2,1-3H3,(H2,71,87)(H,77,95)(H,78,89)(H,79,88)(H,80,90)(H,81,91)(H,82,92)(H,83,93)(H,84,94)(H,96,97)(H4,72,73,74)/t38-,39-,49-,52-,53-,54-,55-,56-,57-,59-/m0/s1. The van der Waals surface area contributed by atoms with E-state index in [1.165, 1.54) is 55.5 Å². The van der Waals surface area contributed by atoms with E-state index in [0.29, 0.717) is 51.6 Å². The highest BCUT2D eigenvalue weighted by Gasteiger charge is 2.37. The summed E-state index contributed by atoms with van der Waals surface area (Å²) in [5.41, 5.74) is 21.1. The number of aromatic nitrogens is 2. The highest BCUT2D eigenvalue weighted by Crippen LogP contribution is 2.23. The van der Waals surface area contributed by atoms with Crippen molar-refractivity contribution in [2.45, 2.75) is 139 Å². The van der Waals surface area contributed by atoms with Crippen molar-refractivity contribution in [1.29, 1.82) is 5.41 Å². The molecule has 28 heteroatoms. The van der Waals surface area contributed by atoms with Crippen LogP contribution in [0.2, 0.25) is 0 Å². The summed E-state index contributed by atoms with van der Waals surface area (Å²) in [6.07, 6.45) is 2.56. The average Bonchev–Trinajstić information content (AvgIpc) is 1.73. The first kappa shape index (κ1) is 73.1. The SMILES string of the molecule is CC[C@H](C)[C@H](NC(=O)[C@H](Cc1c[nH]c2ccccc12)NC(=O)[C@H](Cc1ccccc1)NC(=O)[C@H](Cc1ccc(O)cc1)NC(=O)[C@H](CCC(N)=O)NC(=O)[C@@H](N)CCCNC(=N)N)C(=O)N[C@@H](C)C(=O)N[C@@H](Cc1c[nH]c2ccccc12)C(=O)N[C@@H](Cc1ccc(O)cc1)C(=O)O. The number of rotatable bonds is 36. The third-order valence-corrected chi connectivity index (χ3v) is 16.6. The van der Waals surface area contributed by atoms with Crippen molar-refractivity contribution in [3.63, 3.8) is 0 Å². The number of phenols is 2. The summed E-state index contributed by atoms with van der Waals surface area (Å²) in [5.74, 6) is -9.99. The first-order valence-electron chi connectivity index (χ1n) is 31.8. The van der Waals surface area contributed by atoms with Gasteiger partial charge in [0, 0.05) is 79.3 Å². The maximum Gasteiger partial charge on any atom is 0.326 e. The van der Waals surface area contributed by atoms with Gasteiger partial charge in [0.2, 0.25) is 53.2 Å². The van der Waals surface area contributed by atoms with E-state index in [-0.39, 0.29) is 75.4 Å². The summed E-state index contributed by atoms with van der Waals surface area (Å²) in [6.45, 7) is 5.07. The van der Waals surface area contributed by atoms with E-state index >= 15 is 9.59 Å². The van der Waals surface area contributed by atoms with Crippen molar-refractivity contribution < 1.29 is 63.3 Å². The smallest absolute Gasteiger partial charge is 0.326 e. The minimum Gasteiger partial charge on any atom is -0.508 e. The van der Waals surface area contributed by atoms with Gasteiger partial charge in [-0.3, -0.25) is 48.6 Å². The highest BCUT2D eigenvalue weighted by atomic mass is 16.4. The van der Waals surface area contributed by atoms with E-state index in [1.54, 1.807) is 74.8 Å². The summed E-state index contributed by atoms with van der Waals surface area (Å²) in [5, 5.41) is 63.2. The third-order valence-electron chi connectivity index (χ3n) is 16.6. The molecule has 0 saturated carbocycles. The summed E-state index contributed by atoms with van der Waals surface area (Å²) in [6, 6.07) is 21.9. The Morgan fingerprint density at radius 2 is 0.887 bits per heavy atom. The molecule has 7 aromatic rings. The summed E-state index contributed by atoms with van der Waals surface area (Å²) >= 11 is 0. The number of amides is 9. The first-order chi connectivity index (χ1) is 46.3. The van der Waals surface area contributed by atoms with Gasteiger partial charge >= 0.3 is 5.97 Å². The Kier molecular flexibility index (Phi) is 26.6. The van der Waals surface area contributed by atoms with Crippen molar-refractivity contribution in [2.75, 3.05) is 6.54 Å². The second-order valence-corrected chi connectivity index (χ2v) is 24.0. The number of phenolic OH excluding ortho intramolecular Hbond substituents is 2. The molecule has 2 heterocycles. The fraction of sp³-hybridized carbons (Fsp3) is 0.348. The number of benzene rings is 5. The maximum atomic E-state index is 15.2. The van der Waals surface area contributed by atoms with Crippen molar-refractivity contribution >= 4 is 86.9 Å². The van der Waals surface area contributed by atoms with Crippen LogP contribution in [0.4, 0.5) is 0 Å². The molecule has 9 amide bonds. The first-order valence-corrected chi connectivity index (χ1v) is 31.8. The molecular formula is C69H85N15O13. The van der Waals surface area contributed by atoms with Gasteiger partial charge in [-0.25, -0.2) is 4.79 Å². The molecule has 10 atom stereocenters. The summed E-state index contributed by atoms with van der Waals surface area (Å²) in [7, 11) is 0. The number of fused-ring (bicyclic) bond motifs is 2. The summed E-state index contributed by atoms with van der Waals surface area (Å²) in [4.78, 5) is 147. The lowest BCUT2D eigenvalue weighted by Gasteiger charge is -2.29. The second kappa shape index (κ2) is 35.3. The third kappa shape index (κ3) is 21.9. The zero-order chi connectivity index (χ0) is 70.3. The second-order valence-electron chi connectivity index (χ2n) is 24.0. The Morgan fingerprint density at radius 1 is 0.474 bits per heavy atom. The topological polar surface area (TPSA) is 473 Å². The van der Waals surface area contributed by atoms with E-state index in [4.69, 9.17) is 22.6 Å². The van der Waals surface area contributed by atoms with Crippen molar-refractivity contribution in [3.8, 4) is 11.5 Å². The molecule has 21 N–H and O–H groups in total. The van der Waals surface area contributed by atoms with Gasteiger partial charge < -0.3 is 90.3 Å². The van der Waals surface area contributed by atoms with Crippen LogP contribution in [0.5, 0.6) is 11.5 Å². The fourth-order valence-corrected chi connectivity index (χ4v) is 10.9. The number of hydrogen-bond donors (Lipinski definition) is 18. The number of carbonyl (C=O) groups excluding carboxylic acids is 9. The van der Waals surface area contributed by atoms with E-state index in [9.17, 15) is 53.7 Å². The van der Waals surface area contributed by atoms with E-state index < -0.39 is 119 Å². The van der Waals surface area contributed by atoms with Crippen LogP contribution in [-0.4, -0.2) is 151 Å². The van der Waals surface area contributed by atoms with Crippen molar-refractivity contribution in [2.24, 2.45) is 23.1 Å². The maximum absolute atomic E-state index is 15.2. The van der Waals surface area contributed by atoms with Crippen LogP contribution >= 0.6 is 0 Å². The van der Waals surface area contributed by atoms with Gasteiger partial charge in [-0.2, -0.15) is 0 Å². The average molecular weight is 1330 g/mol. The van der Waals surface area contributed by atoms with Gasteiger partial charge in [0.1, 0.15) is 59.8 Å². The van der Waals surface area contributed by atoms with Crippen LogP contribution in [0.25, 0.3) is 21.8 Å². The number of carboxylic acid groups (broad SMARTS) is 1. The van der Waals surface area contributed by atoms with Gasteiger partial charge in [0.05, 0.1) is 6.04 Å². The number of para-hydroxylation sites is 2. The number of aliphatic carboxylic acids is 1. The Morgan fingerprint density at radius 3 is 1.36 bits per heavy atom. The highest BCUT2D eigenvalue weighted by molar-refractivity contribution is 5.99. The molecule has 0 saturated heterocycles. The van der Waals surface area contributed by atoms with Crippen LogP contribution in [0.15, 0.2) is 140 Å². The minimum atomic E-state index is -1.51. The lowest BCUT2D eigenvalue weighted by atomic mass is 9.96. The number of carboxylic acids is 1. The monoisotopic (exact) mass is 1330 g/mol. The van der Waals surface area contributed by atoms with Crippen LogP contribution in [0, 0.1) is 11.3 Å². The number of aromatic hydroxyl groups is 2. The fourth-order valence-electron chi connectivity index (χ4n) is 10.9. The Hall–Kier alpha value is -11.3. The molecule has 7 rings (SSSR count). The van der Waals surface area contributed by atoms with Gasteiger partial charge in [-0.15, -0.1) is 0 Å². The zero-order valence-corrected chi connectivity index (χ0v) is 54.0. The number of H-pyrrole nitrogens is 2. The minimum absolute atomic E-state index is 0.0416. The number of carbonyl (C=O) groups is 10. The lowest BCUT2D eigenvalue weighted by molar-refractivity contribution is -0.142. The lowest BCUT2D eigenvalue weighted by Crippen LogP contribution is -2.61.